The Bertz CT molecular complexity index is 845. The first kappa shape index (κ1) is 25.6. The van der Waals surface area contributed by atoms with Gasteiger partial charge in [-0.25, -0.2) is 9.67 Å². The molecule has 0 saturated carbocycles. The molecule has 1 aliphatic heterocycles. The lowest BCUT2D eigenvalue weighted by atomic mass is 10.0. The zero-order chi connectivity index (χ0) is 21.7. The zero-order valence-corrected chi connectivity index (χ0v) is 22.0. The van der Waals surface area contributed by atoms with Crippen molar-refractivity contribution in [2.75, 3.05) is 13.6 Å². The van der Waals surface area contributed by atoms with Crippen LogP contribution in [-0.2, 0) is 13.0 Å². The van der Waals surface area contributed by atoms with E-state index >= 15 is 0 Å². The van der Waals surface area contributed by atoms with Gasteiger partial charge in [0, 0.05) is 43.6 Å². The minimum Gasteiger partial charge on any atom is -0.355 e. The molecule has 0 radical (unpaired) electrons. The van der Waals surface area contributed by atoms with E-state index in [4.69, 9.17) is 0 Å². The molecule has 2 unspecified atom stereocenters. The van der Waals surface area contributed by atoms with Gasteiger partial charge in [0.05, 0.1) is 6.54 Å². The summed E-state index contributed by atoms with van der Waals surface area (Å²) in [6.45, 7) is 12.5. The van der Waals surface area contributed by atoms with Crippen LogP contribution in [0.2, 0.25) is 0 Å². The van der Waals surface area contributed by atoms with Crippen molar-refractivity contribution < 1.29 is 0 Å². The number of benzene rings is 1. The average molecular weight is 540 g/mol. The second kappa shape index (κ2) is 11.3. The fraction of sp³-hybridized carbons (Fsp3) is 0.609. The maximum atomic E-state index is 4.68. The number of aromatic nitrogens is 3. The van der Waals surface area contributed by atoms with E-state index in [0.29, 0.717) is 12.0 Å². The molecule has 31 heavy (non-hydrogen) atoms. The Hall–Kier alpha value is -1.68. The van der Waals surface area contributed by atoms with Crippen LogP contribution in [0.3, 0.4) is 0 Å². The second-order valence-electron chi connectivity index (χ2n) is 9.19. The van der Waals surface area contributed by atoms with E-state index in [-0.39, 0.29) is 35.6 Å². The number of nitrogens with zero attached hydrogens (tertiary/aromatic N) is 4. The minimum absolute atomic E-state index is 0. The monoisotopic (exact) mass is 539 g/mol. The Kier molecular flexibility index (Phi) is 9.29. The molecule has 0 fully saturated rings. The van der Waals surface area contributed by atoms with Crippen LogP contribution in [0.4, 0.5) is 0 Å². The van der Waals surface area contributed by atoms with Gasteiger partial charge in [0.1, 0.15) is 5.82 Å². The highest BCUT2D eigenvalue weighted by atomic mass is 127. The van der Waals surface area contributed by atoms with Gasteiger partial charge in [-0.1, -0.05) is 44.2 Å². The van der Waals surface area contributed by atoms with Crippen LogP contribution in [-0.4, -0.2) is 45.9 Å². The van der Waals surface area contributed by atoms with Crippen LogP contribution >= 0.6 is 24.0 Å². The molecule has 1 aromatic heterocycles. The molecule has 2 atom stereocenters. The first-order valence-electron chi connectivity index (χ1n) is 11.0. The molecule has 3 N–H and O–H groups in total. The van der Waals surface area contributed by atoms with Gasteiger partial charge >= 0.3 is 0 Å². The molecule has 2 heterocycles. The van der Waals surface area contributed by atoms with E-state index in [1.165, 1.54) is 5.56 Å². The number of aryl methyl sites for hydroxylation is 1. The third-order valence-electron chi connectivity index (χ3n) is 5.56. The summed E-state index contributed by atoms with van der Waals surface area (Å²) in [5.74, 6) is 3.22. The molecule has 0 saturated heterocycles. The molecule has 172 valence electrons. The zero-order valence-electron chi connectivity index (χ0n) is 19.6. The van der Waals surface area contributed by atoms with Gasteiger partial charge in [-0.2, -0.15) is 5.10 Å². The summed E-state index contributed by atoms with van der Waals surface area (Å²) in [5, 5.41) is 15.4. The first-order chi connectivity index (χ1) is 14.3. The largest absolute Gasteiger partial charge is 0.355 e. The van der Waals surface area contributed by atoms with E-state index in [1.54, 1.807) is 0 Å². The molecule has 8 heteroatoms. The summed E-state index contributed by atoms with van der Waals surface area (Å²) in [6, 6.07) is 11.1. The fourth-order valence-electron chi connectivity index (χ4n) is 3.85. The lowest BCUT2D eigenvalue weighted by molar-refractivity contribution is 0.341. The predicted molar refractivity (Wildman–Crippen MR) is 138 cm³/mol. The van der Waals surface area contributed by atoms with Crippen molar-refractivity contribution in [2.24, 2.45) is 4.99 Å². The van der Waals surface area contributed by atoms with Gasteiger partial charge in [0.2, 0.25) is 0 Å². The van der Waals surface area contributed by atoms with Crippen molar-refractivity contribution in [1.82, 2.24) is 30.7 Å². The molecule has 1 aromatic carbocycles. The van der Waals surface area contributed by atoms with E-state index in [2.05, 4.69) is 101 Å². The van der Waals surface area contributed by atoms with Gasteiger partial charge in [0.25, 0.3) is 0 Å². The molecule has 0 amide bonds. The molecule has 0 aliphatic carbocycles. The number of hydrogen-bond donors (Lipinski definition) is 3. The van der Waals surface area contributed by atoms with Gasteiger partial charge < -0.3 is 16.0 Å². The molecular weight excluding hydrogens is 501 g/mol. The smallest absolute Gasteiger partial charge is 0.191 e. The Morgan fingerprint density at radius 1 is 1.23 bits per heavy atom. The Morgan fingerprint density at radius 2 is 1.94 bits per heavy atom. The topological polar surface area (TPSA) is 79.2 Å². The maximum absolute atomic E-state index is 4.68. The van der Waals surface area contributed by atoms with E-state index in [1.807, 2.05) is 7.05 Å². The van der Waals surface area contributed by atoms with Gasteiger partial charge in [-0.15, -0.1) is 24.0 Å². The summed E-state index contributed by atoms with van der Waals surface area (Å²) >= 11 is 0. The van der Waals surface area contributed by atoms with Gasteiger partial charge in [0.15, 0.2) is 11.8 Å². The molecule has 0 bridgehead atoms. The van der Waals surface area contributed by atoms with E-state index in [9.17, 15) is 0 Å². The summed E-state index contributed by atoms with van der Waals surface area (Å²) in [5.41, 5.74) is 1.20. The van der Waals surface area contributed by atoms with Crippen LogP contribution in [0.1, 0.15) is 70.2 Å². The van der Waals surface area contributed by atoms with Crippen molar-refractivity contribution >= 4 is 29.9 Å². The van der Waals surface area contributed by atoms with Gasteiger partial charge in [-0.05, 0) is 32.8 Å². The summed E-state index contributed by atoms with van der Waals surface area (Å²) in [6.07, 6.45) is 1.97. The van der Waals surface area contributed by atoms with Crippen LogP contribution < -0.4 is 16.0 Å². The first-order valence-corrected chi connectivity index (χ1v) is 11.0. The van der Waals surface area contributed by atoms with Crippen molar-refractivity contribution in [3.05, 3.63) is 47.5 Å². The van der Waals surface area contributed by atoms with Crippen molar-refractivity contribution in [2.45, 2.75) is 77.5 Å². The number of rotatable bonds is 7. The highest BCUT2D eigenvalue weighted by Crippen LogP contribution is 2.18. The van der Waals surface area contributed by atoms with Crippen LogP contribution in [0, 0.1) is 0 Å². The average Bonchev–Trinajstić information content (AvgIpc) is 3.15. The van der Waals surface area contributed by atoms with Gasteiger partial charge in [-0.3, -0.25) is 4.99 Å². The predicted octanol–water partition coefficient (Wildman–Crippen LogP) is 3.63. The lowest BCUT2D eigenvalue weighted by Gasteiger charge is -2.32. The van der Waals surface area contributed by atoms with E-state index in [0.717, 1.165) is 43.5 Å². The van der Waals surface area contributed by atoms with Crippen molar-refractivity contribution in [1.29, 1.82) is 0 Å². The molecule has 7 nitrogen and oxygen atoms in total. The van der Waals surface area contributed by atoms with Crippen LogP contribution in [0.5, 0.6) is 0 Å². The standard InChI is InChI=1S/C23H37N7.HI/c1-16(2)21-27-20-13-12-19(14-30(20)29-21)26-22(24-6)25-15-23(4,5)28-17(3)18-10-8-7-9-11-18;/h7-11,16-17,19,28H,12-15H2,1-6H3,(H2,24,25,26);1H. The summed E-state index contributed by atoms with van der Waals surface area (Å²) < 4.78 is 2.05. The highest BCUT2D eigenvalue weighted by molar-refractivity contribution is 14.0. The molecule has 3 rings (SSSR count). The summed E-state index contributed by atoms with van der Waals surface area (Å²) in [4.78, 5) is 9.11. The van der Waals surface area contributed by atoms with Crippen molar-refractivity contribution in [3.8, 4) is 0 Å². The normalized spacial score (nSPS) is 17.6. The lowest BCUT2D eigenvalue weighted by Crippen LogP contribution is -2.54. The van der Waals surface area contributed by atoms with Crippen LogP contribution in [0.25, 0.3) is 0 Å². The molecule has 0 spiro atoms. The third kappa shape index (κ3) is 7.17. The minimum atomic E-state index is -0.0926. The number of halogens is 1. The highest BCUT2D eigenvalue weighted by Gasteiger charge is 2.25. The Balaban J connectivity index is 0.00000341. The quantitative estimate of drug-likeness (QED) is 0.285. The number of aliphatic imine (C=N–C) groups is 1. The number of hydrogen-bond acceptors (Lipinski definition) is 4. The van der Waals surface area contributed by atoms with E-state index < -0.39 is 0 Å². The fourth-order valence-corrected chi connectivity index (χ4v) is 3.85. The number of guanidine groups is 1. The van der Waals surface area contributed by atoms with Crippen LogP contribution in [0.15, 0.2) is 35.3 Å². The molecular formula is C23H38IN7. The Labute approximate surface area is 203 Å². The maximum Gasteiger partial charge on any atom is 0.191 e. The molecule has 2 aromatic rings. The number of fused-ring (bicyclic) bond motifs is 1. The molecule has 1 aliphatic rings. The number of nitrogens with one attached hydrogen (secondary N) is 3. The Morgan fingerprint density at radius 3 is 2.58 bits per heavy atom. The third-order valence-corrected chi connectivity index (χ3v) is 5.56. The second-order valence-corrected chi connectivity index (χ2v) is 9.19. The van der Waals surface area contributed by atoms with Crippen molar-refractivity contribution in [3.63, 3.8) is 0 Å². The summed E-state index contributed by atoms with van der Waals surface area (Å²) in [7, 11) is 1.82. The SMILES string of the molecule is CN=C(NCC(C)(C)NC(C)c1ccccc1)NC1CCc2nc(C(C)C)nn2C1.I.